The van der Waals surface area contributed by atoms with Gasteiger partial charge in [-0.25, -0.2) is 4.79 Å². The minimum Gasteiger partial charge on any atom is -0.491 e. The fourth-order valence-electron chi connectivity index (χ4n) is 3.01. The number of carbonyl (C=O) groups excluding carboxylic acids is 2. The van der Waals surface area contributed by atoms with E-state index in [1.807, 2.05) is 32.0 Å². The third-order valence-electron chi connectivity index (χ3n) is 4.54. The highest BCUT2D eigenvalue weighted by Gasteiger charge is 2.16. The molecule has 1 amide bonds. The Kier molecular flexibility index (Phi) is 6.66. The van der Waals surface area contributed by atoms with Gasteiger partial charge in [-0.15, -0.1) is 0 Å². The van der Waals surface area contributed by atoms with Crippen molar-refractivity contribution in [3.8, 4) is 5.75 Å². The van der Waals surface area contributed by atoms with Crippen LogP contribution in [-0.2, 0) is 14.3 Å². The number of aryl methyl sites for hydroxylation is 2. The van der Waals surface area contributed by atoms with Crippen molar-refractivity contribution in [2.24, 2.45) is 0 Å². The van der Waals surface area contributed by atoms with Crippen LogP contribution in [0.25, 0.3) is 0 Å². The van der Waals surface area contributed by atoms with Crippen molar-refractivity contribution in [2.45, 2.75) is 32.8 Å². The quantitative estimate of drug-likeness (QED) is 0.739. The second kappa shape index (κ2) is 9.37. The van der Waals surface area contributed by atoms with Gasteiger partial charge in [0.1, 0.15) is 12.4 Å². The van der Waals surface area contributed by atoms with Crippen LogP contribution in [0, 0.1) is 13.8 Å². The van der Waals surface area contributed by atoms with Crippen LogP contribution in [0.2, 0.25) is 0 Å². The molecule has 6 nitrogen and oxygen atoms in total. The van der Waals surface area contributed by atoms with Crippen molar-refractivity contribution >= 4 is 17.6 Å². The minimum atomic E-state index is -0.554. The fourth-order valence-corrected chi connectivity index (χ4v) is 3.01. The van der Waals surface area contributed by atoms with Gasteiger partial charge in [0, 0.05) is 12.3 Å². The average molecular weight is 383 g/mol. The number of amides is 1. The number of carbonyl (C=O) groups is 2. The smallest absolute Gasteiger partial charge is 0.338 e. The minimum absolute atomic E-state index is 0.139. The monoisotopic (exact) mass is 383 g/mol. The lowest BCUT2D eigenvalue weighted by Gasteiger charge is -2.12. The van der Waals surface area contributed by atoms with E-state index in [0.29, 0.717) is 23.6 Å². The molecule has 0 radical (unpaired) electrons. The zero-order valence-electron chi connectivity index (χ0n) is 16.2. The highest BCUT2D eigenvalue weighted by molar-refractivity contribution is 5.95. The molecule has 148 valence electrons. The van der Waals surface area contributed by atoms with Crippen LogP contribution in [0.1, 0.15) is 34.3 Å². The first-order valence-electron chi connectivity index (χ1n) is 9.40. The third kappa shape index (κ3) is 5.57. The Hall–Kier alpha value is -2.86. The SMILES string of the molecule is Cc1ccc(NC(=O)COC(=O)c2ccc(OC[C@@H]3CCCO3)cc2)c(C)c1. The van der Waals surface area contributed by atoms with E-state index in [0.717, 1.165) is 30.6 Å². The molecule has 0 unspecified atom stereocenters. The molecule has 0 aliphatic carbocycles. The first kappa shape index (κ1) is 19.9. The Morgan fingerprint density at radius 1 is 1.14 bits per heavy atom. The van der Waals surface area contributed by atoms with E-state index in [4.69, 9.17) is 14.2 Å². The molecule has 6 heteroatoms. The predicted octanol–water partition coefficient (Wildman–Crippen LogP) is 3.66. The maximum atomic E-state index is 12.1. The summed E-state index contributed by atoms with van der Waals surface area (Å²) in [5.74, 6) is -0.266. The number of benzene rings is 2. The van der Waals surface area contributed by atoms with Gasteiger partial charge in [0.05, 0.1) is 11.7 Å². The van der Waals surface area contributed by atoms with Gasteiger partial charge in [-0.3, -0.25) is 4.79 Å². The van der Waals surface area contributed by atoms with E-state index in [9.17, 15) is 9.59 Å². The molecule has 0 saturated carbocycles. The summed E-state index contributed by atoms with van der Waals surface area (Å²) in [6.07, 6.45) is 2.21. The Balaban J connectivity index is 1.45. The van der Waals surface area contributed by atoms with Crippen molar-refractivity contribution in [1.82, 2.24) is 0 Å². The Bertz CT molecular complexity index is 825. The zero-order valence-corrected chi connectivity index (χ0v) is 16.2. The van der Waals surface area contributed by atoms with Gasteiger partial charge in [0.25, 0.3) is 5.91 Å². The Labute approximate surface area is 164 Å². The second-order valence-electron chi connectivity index (χ2n) is 6.91. The molecule has 3 rings (SSSR count). The van der Waals surface area contributed by atoms with E-state index in [2.05, 4.69) is 5.32 Å². The maximum absolute atomic E-state index is 12.1. The first-order valence-corrected chi connectivity index (χ1v) is 9.40. The van der Waals surface area contributed by atoms with Gasteiger partial charge in [-0.1, -0.05) is 17.7 Å². The lowest BCUT2D eigenvalue weighted by Crippen LogP contribution is -2.21. The van der Waals surface area contributed by atoms with E-state index in [1.165, 1.54) is 0 Å². The zero-order chi connectivity index (χ0) is 19.9. The topological polar surface area (TPSA) is 73.9 Å². The average Bonchev–Trinajstić information content (AvgIpc) is 3.21. The molecule has 1 N–H and O–H groups in total. The van der Waals surface area contributed by atoms with Crippen LogP contribution >= 0.6 is 0 Å². The van der Waals surface area contributed by atoms with Crippen molar-refractivity contribution in [3.63, 3.8) is 0 Å². The summed E-state index contributed by atoms with van der Waals surface area (Å²) >= 11 is 0. The largest absolute Gasteiger partial charge is 0.491 e. The molecule has 1 atom stereocenters. The van der Waals surface area contributed by atoms with Crippen LogP contribution in [0.3, 0.4) is 0 Å². The van der Waals surface area contributed by atoms with Crippen LogP contribution in [0.5, 0.6) is 5.75 Å². The van der Waals surface area contributed by atoms with Crippen molar-refractivity contribution < 1.29 is 23.8 Å². The van der Waals surface area contributed by atoms with E-state index in [1.54, 1.807) is 24.3 Å². The molecule has 1 aliphatic rings. The third-order valence-corrected chi connectivity index (χ3v) is 4.54. The molecule has 2 aromatic rings. The maximum Gasteiger partial charge on any atom is 0.338 e. The number of esters is 1. The van der Waals surface area contributed by atoms with Gasteiger partial charge in [-0.2, -0.15) is 0 Å². The lowest BCUT2D eigenvalue weighted by molar-refractivity contribution is -0.119. The summed E-state index contributed by atoms with van der Waals surface area (Å²) in [5.41, 5.74) is 3.14. The van der Waals surface area contributed by atoms with Crippen molar-refractivity contribution in [2.75, 3.05) is 25.1 Å². The van der Waals surface area contributed by atoms with Gasteiger partial charge >= 0.3 is 5.97 Å². The Morgan fingerprint density at radius 2 is 1.93 bits per heavy atom. The second-order valence-corrected chi connectivity index (χ2v) is 6.91. The normalized spacial score (nSPS) is 15.9. The molecule has 2 aromatic carbocycles. The number of hydrogen-bond acceptors (Lipinski definition) is 5. The van der Waals surface area contributed by atoms with E-state index >= 15 is 0 Å². The predicted molar refractivity (Wildman–Crippen MR) is 106 cm³/mol. The van der Waals surface area contributed by atoms with Crippen LogP contribution in [-0.4, -0.2) is 37.8 Å². The van der Waals surface area contributed by atoms with Gasteiger partial charge in [0.15, 0.2) is 6.61 Å². The van der Waals surface area contributed by atoms with Gasteiger partial charge < -0.3 is 19.5 Å². The highest BCUT2D eigenvalue weighted by Crippen LogP contribution is 2.18. The number of nitrogens with one attached hydrogen (secondary N) is 1. The van der Waals surface area contributed by atoms with Gasteiger partial charge in [-0.05, 0) is 62.6 Å². The molecule has 1 heterocycles. The number of ether oxygens (including phenoxy) is 3. The lowest BCUT2D eigenvalue weighted by atomic mass is 10.1. The van der Waals surface area contributed by atoms with Crippen molar-refractivity contribution in [3.05, 3.63) is 59.2 Å². The molecule has 0 spiro atoms. The van der Waals surface area contributed by atoms with Crippen LogP contribution in [0.15, 0.2) is 42.5 Å². The number of rotatable bonds is 7. The standard InChI is InChI=1S/C22H25NO5/c1-15-5-10-20(16(2)12-15)23-21(24)14-28-22(25)17-6-8-18(9-7-17)27-13-19-4-3-11-26-19/h5-10,12,19H,3-4,11,13-14H2,1-2H3,(H,23,24)/t19-/m0/s1. The molecule has 1 aliphatic heterocycles. The molecular formula is C22H25NO5. The highest BCUT2D eigenvalue weighted by atomic mass is 16.5. The molecule has 0 bridgehead atoms. The summed E-state index contributed by atoms with van der Waals surface area (Å²) in [5, 5.41) is 2.75. The summed E-state index contributed by atoms with van der Waals surface area (Å²) in [6.45, 7) is 4.85. The fraction of sp³-hybridized carbons (Fsp3) is 0.364. The molecular weight excluding hydrogens is 358 g/mol. The number of hydrogen-bond donors (Lipinski definition) is 1. The van der Waals surface area contributed by atoms with Crippen molar-refractivity contribution in [1.29, 1.82) is 0 Å². The Morgan fingerprint density at radius 3 is 2.61 bits per heavy atom. The molecule has 28 heavy (non-hydrogen) atoms. The van der Waals surface area contributed by atoms with Gasteiger partial charge in [0.2, 0.25) is 0 Å². The molecule has 1 saturated heterocycles. The molecule has 0 aromatic heterocycles. The number of anilines is 1. The van der Waals surface area contributed by atoms with Crippen LogP contribution in [0.4, 0.5) is 5.69 Å². The summed E-state index contributed by atoms with van der Waals surface area (Å²) in [4.78, 5) is 24.2. The van der Waals surface area contributed by atoms with E-state index in [-0.39, 0.29) is 18.6 Å². The molecule has 1 fully saturated rings. The van der Waals surface area contributed by atoms with Crippen LogP contribution < -0.4 is 10.1 Å². The van der Waals surface area contributed by atoms with E-state index < -0.39 is 5.97 Å². The summed E-state index contributed by atoms with van der Waals surface area (Å²) in [7, 11) is 0. The first-order chi connectivity index (χ1) is 13.5. The summed E-state index contributed by atoms with van der Waals surface area (Å²) in [6, 6.07) is 12.4. The summed E-state index contributed by atoms with van der Waals surface area (Å²) < 4.78 is 16.3.